The van der Waals surface area contributed by atoms with Crippen LogP contribution < -0.4 is 10.6 Å². The predicted octanol–water partition coefficient (Wildman–Crippen LogP) is 3.38. The molecule has 2 aromatic rings. The maximum Gasteiger partial charge on any atom is 0.238 e. The lowest BCUT2D eigenvalue weighted by Gasteiger charge is -2.09. The molecule has 0 aliphatic heterocycles. The lowest BCUT2D eigenvalue weighted by atomic mass is 10.2. The smallest absolute Gasteiger partial charge is 0.238 e. The molecule has 3 nitrogen and oxygen atoms in total. The summed E-state index contributed by atoms with van der Waals surface area (Å²) in [5, 5.41) is 6.67. The lowest BCUT2D eigenvalue weighted by molar-refractivity contribution is -0.115. The molecule has 0 spiro atoms. The van der Waals surface area contributed by atoms with Crippen molar-refractivity contribution in [2.24, 2.45) is 0 Å². The summed E-state index contributed by atoms with van der Waals surface area (Å²) in [4.78, 5) is 11.8. The second kappa shape index (κ2) is 7.08. The molecule has 0 saturated carbocycles. The molecule has 1 amide bonds. The Bertz CT molecular complexity index is 599. The highest BCUT2D eigenvalue weighted by molar-refractivity contribution is 6.31. The zero-order valence-electron chi connectivity index (χ0n) is 11.3. The standard InChI is InChI=1S/C16H17ClN2O/c1-12-6-2-5-9-15(12)19-16(20)11-18-10-13-7-3-4-8-14(13)17/h2-9,18H,10-11H2,1H3,(H,19,20). The third-order valence-corrected chi connectivity index (χ3v) is 3.35. The highest BCUT2D eigenvalue weighted by Crippen LogP contribution is 2.14. The Morgan fingerprint density at radius 2 is 1.80 bits per heavy atom. The van der Waals surface area contributed by atoms with Crippen LogP contribution in [-0.2, 0) is 11.3 Å². The van der Waals surface area contributed by atoms with Crippen LogP contribution in [-0.4, -0.2) is 12.5 Å². The van der Waals surface area contributed by atoms with Crippen LogP contribution in [0.2, 0.25) is 5.02 Å². The summed E-state index contributed by atoms with van der Waals surface area (Å²) in [6, 6.07) is 15.3. The van der Waals surface area contributed by atoms with Gasteiger partial charge in [-0.2, -0.15) is 0 Å². The molecule has 0 aliphatic carbocycles. The molecule has 0 heterocycles. The van der Waals surface area contributed by atoms with Gasteiger partial charge >= 0.3 is 0 Å². The van der Waals surface area contributed by atoms with E-state index in [1.165, 1.54) is 0 Å². The number of carbonyl (C=O) groups excluding carboxylic acids is 1. The molecular formula is C16H17ClN2O. The zero-order chi connectivity index (χ0) is 14.4. The molecule has 4 heteroatoms. The van der Waals surface area contributed by atoms with Crippen LogP contribution in [0, 0.1) is 6.92 Å². The van der Waals surface area contributed by atoms with Gasteiger partial charge in [0.1, 0.15) is 0 Å². The molecule has 2 aromatic carbocycles. The highest BCUT2D eigenvalue weighted by Gasteiger charge is 2.04. The fourth-order valence-electron chi connectivity index (χ4n) is 1.86. The van der Waals surface area contributed by atoms with Crippen LogP contribution in [0.15, 0.2) is 48.5 Å². The van der Waals surface area contributed by atoms with Crippen molar-refractivity contribution in [3.63, 3.8) is 0 Å². The number of benzene rings is 2. The van der Waals surface area contributed by atoms with Gasteiger partial charge in [0.15, 0.2) is 0 Å². The largest absolute Gasteiger partial charge is 0.325 e. The Morgan fingerprint density at radius 1 is 1.10 bits per heavy atom. The van der Waals surface area contributed by atoms with E-state index in [1.807, 2.05) is 55.5 Å². The van der Waals surface area contributed by atoms with Gasteiger partial charge in [0.05, 0.1) is 6.54 Å². The van der Waals surface area contributed by atoms with Crippen molar-refractivity contribution < 1.29 is 4.79 Å². The number of hydrogen-bond acceptors (Lipinski definition) is 2. The number of amides is 1. The van der Waals surface area contributed by atoms with Crippen molar-refractivity contribution in [2.45, 2.75) is 13.5 Å². The zero-order valence-corrected chi connectivity index (χ0v) is 12.1. The van der Waals surface area contributed by atoms with E-state index in [0.29, 0.717) is 11.6 Å². The van der Waals surface area contributed by atoms with E-state index in [2.05, 4.69) is 10.6 Å². The summed E-state index contributed by atoms with van der Waals surface area (Å²) in [5.41, 5.74) is 2.88. The normalized spacial score (nSPS) is 10.3. The first-order chi connectivity index (χ1) is 9.66. The average molecular weight is 289 g/mol. The van der Waals surface area contributed by atoms with Crippen LogP contribution in [0.1, 0.15) is 11.1 Å². The summed E-state index contributed by atoms with van der Waals surface area (Å²) in [7, 11) is 0. The molecule has 0 radical (unpaired) electrons. The van der Waals surface area contributed by atoms with Gasteiger partial charge in [0, 0.05) is 17.3 Å². The number of aryl methyl sites for hydroxylation is 1. The van der Waals surface area contributed by atoms with Crippen molar-refractivity contribution in [1.29, 1.82) is 0 Å². The second-order valence-corrected chi connectivity index (χ2v) is 4.97. The van der Waals surface area contributed by atoms with Gasteiger partial charge in [-0.25, -0.2) is 0 Å². The number of rotatable bonds is 5. The number of anilines is 1. The molecule has 0 fully saturated rings. The van der Waals surface area contributed by atoms with Crippen LogP contribution >= 0.6 is 11.6 Å². The number of carbonyl (C=O) groups is 1. The topological polar surface area (TPSA) is 41.1 Å². The van der Waals surface area contributed by atoms with Crippen molar-refractivity contribution >= 4 is 23.2 Å². The Hall–Kier alpha value is -1.84. The molecule has 0 aromatic heterocycles. The van der Waals surface area contributed by atoms with Crippen LogP contribution in [0.3, 0.4) is 0 Å². The number of hydrogen-bond donors (Lipinski definition) is 2. The number of halogens is 1. The second-order valence-electron chi connectivity index (χ2n) is 4.56. The van der Waals surface area contributed by atoms with Crippen molar-refractivity contribution in [3.8, 4) is 0 Å². The maximum absolute atomic E-state index is 11.8. The van der Waals surface area contributed by atoms with Gasteiger partial charge in [0.2, 0.25) is 5.91 Å². The first-order valence-electron chi connectivity index (χ1n) is 6.46. The molecular weight excluding hydrogens is 272 g/mol. The molecule has 0 saturated heterocycles. The molecule has 0 bridgehead atoms. The Balaban J connectivity index is 1.82. The van der Waals surface area contributed by atoms with Gasteiger partial charge in [-0.3, -0.25) is 4.79 Å². The van der Waals surface area contributed by atoms with E-state index in [9.17, 15) is 4.79 Å². The fourth-order valence-corrected chi connectivity index (χ4v) is 2.06. The summed E-state index contributed by atoms with van der Waals surface area (Å²) in [6.45, 7) is 2.78. The molecule has 0 atom stereocenters. The number of nitrogens with one attached hydrogen (secondary N) is 2. The highest BCUT2D eigenvalue weighted by atomic mass is 35.5. The first kappa shape index (κ1) is 14.6. The molecule has 0 aliphatic rings. The lowest BCUT2D eigenvalue weighted by Crippen LogP contribution is -2.28. The molecule has 0 unspecified atom stereocenters. The minimum absolute atomic E-state index is 0.0636. The van der Waals surface area contributed by atoms with Gasteiger partial charge in [-0.1, -0.05) is 48.0 Å². The van der Waals surface area contributed by atoms with Crippen molar-refractivity contribution in [2.75, 3.05) is 11.9 Å². The molecule has 2 N–H and O–H groups in total. The third kappa shape index (κ3) is 4.08. The van der Waals surface area contributed by atoms with Crippen molar-refractivity contribution in [3.05, 3.63) is 64.7 Å². The summed E-state index contributed by atoms with van der Waals surface area (Å²) >= 11 is 6.05. The summed E-state index contributed by atoms with van der Waals surface area (Å²) in [5.74, 6) is -0.0636. The molecule has 104 valence electrons. The number of para-hydroxylation sites is 1. The van der Waals surface area contributed by atoms with E-state index in [1.54, 1.807) is 0 Å². The SMILES string of the molecule is Cc1ccccc1NC(=O)CNCc1ccccc1Cl. The van der Waals surface area contributed by atoms with E-state index >= 15 is 0 Å². The monoisotopic (exact) mass is 288 g/mol. The Kier molecular flexibility index (Phi) is 5.16. The van der Waals surface area contributed by atoms with E-state index in [-0.39, 0.29) is 12.5 Å². The van der Waals surface area contributed by atoms with Gasteiger partial charge in [-0.15, -0.1) is 0 Å². The minimum Gasteiger partial charge on any atom is -0.325 e. The van der Waals surface area contributed by atoms with Gasteiger partial charge in [0.25, 0.3) is 0 Å². The minimum atomic E-state index is -0.0636. The van der Waals surface area contributed by atoms with E-state index < -0.39 is 0 Å². The Morgan fingerprint density at radius 3 is 2.55 bits per heavy atom. The Labute approximate surface area is 124 Å². The summed E-state index contributed by atoms with van der Waals surface area (Å²) < 4.78 is 0. The van der Waals surface area contributed by atoms with Gasteiger partial charge in [-0.05, 0) is 30.2 Å². The quantitative estimate of drug-likeness (QED) is 0.885. The van der Waals surface area contributed by atoms with E-state index in [0.717, 1.165) is 16.8 Å². The summed E-state index contributed by atoms with van der Waals surface area (Å²) in [6.07, 6.45) is 0. The predicted molar refractivity (Wildman–Crippen MR) is 83.0 cm³/mol. The average Bonchev–Trinajstić information content (AvgIpc) is 2.43. The first-order valence-corrected chi connectivity index (χ1v) is 6.84. The van der Waals surface area contributed by atoms with Crippen molar-refractivity contribution in [1.82, 2.24) is 5.32 Å². The maximum atomic E-state index is 11.8. The molecule has 2 rings (SSSR count). The fraction of sp³-hybridized carbons (Fsp3) is 0.188. The van der Waals surface area contributed by atoms with Gasteiger partial charge < -0.3 is 10.6 Å². The van der Waals surface area contributed by atoms with Crippen LogP contribution in [0.5, 0.6) is 0 Å². The third-order valence-electron chi connectivity index (χ3n) is 2.98. The van der Waals surface area contributed by atoms with Crippen LogP contribution in [0.25, 0.3) is 0 Å². The van der Waals surface area contributed by atoms with E-state index in [4.69, 9.17) is 11.6 Å². The molecule has 20 heavy (non-hydrogen) atoms. The van der Waals surface area contributed by atoms with Crippen LogP contribution in [0.4, 0.5) is 5.69 Å².